The third-order valence-corrected chi connectivity index (χ3v) is 4.52. The van der Waals surface area contributed by atoms with Crippen LogP contribution in [-0.4, -0.2) is 10.9 Å². The van der Waals surface area contributed by atoms with Gasteiger partial charge in [-0.05, 0) is 23.3 Å². The maximum atomic E-state index is 12.8. The predicted octanol–water partition coefficient (Wildman–Crippen LogP) is 4.28. The summed E-state index contributed by atoms with van der Waals surface area (Å²) in [4.78, 5) is 26.8. The molecule has 1 aromatic heterocycles. The number of oxazole rings is 1. The average molecular weight is 358 g/mol. The van der Waals surface area contributed by atoms with Gasteiger partial charge in [0.15, 0.2) is 5.58 Å². The van der Waals surface area contributed by atoms with Gasteiger partial charge in [0.1, 0.15) is 5.52 Å². The fourth-order valence-electron chi connectivity index (χ4n) is 3.26. The maximum absolute atomic E-state index is 12.8. The first-order valence-corrected chi connectivity index (χ1v) is 8.72. The minimum atomic E-state index is -0.543. The van der Waals surface area contributed by atoms with Crippen LogP contribution in [0, 0.1) is 0 Å². The number of amides is 1. The van der Waals surface area contributed by atoms with Crippen LogP contribution in [0.3, 0.4) is 0 Å². The zero-order valence-electron chi connectivity index (χ0n) is 14.5. The standard InChI is InChI=1S/C22H18N2O3/c25-20(23-18-12-7-13-19-21(18)24-22(26)27-19)14-17(15-8-3-1-4-9-15)16-10-5-2-6-11-16/h1-13,17H,14H2,(H,23,25)(H,24,26). The molecule has 2 N–H and O–H groups in total. The molecule has 0 aliphatic rings. The Hall–Kier alpha value is -3.60. The van der Waals surface area contributed by atoms with Gasteiger partial charge in [0.25, 0.3) is 0 Å². The van der Waals surface area contributed by atoms with Gasteiger partial charge in [0, 0.05) is 12.3 Å². The molecule has 0 saturated carbocycles. The highest BCUT2D eigenvalue weighted by Gasteiger charge is 2.19. The summed E-state index contributed by atoms with van der Waals surface area (Å²) in [5.41, 5.74) is 3.60. The summed E-state index contributed by atoms with van der Waals surface area (Å²) in [7, 11) is 0. The van der Waals surface area contributed by atoms with Gasteiger partial charge in [-0.1, -0.05) is 66.7 Å². The molecule has 4 aromatic rings. The van der Waals surface area contributed by atoms with E-state index < -0.39 is 5.76 Å². The zero-order chi connectivity index (χ0) is 18.6. The molecule has 134 valence electrons. The number of nitrogens with one attached hydrogen (secondary N) is 2. The van der Waals surface area contributed by atoms with E-state index in [0.29, 0.717) is 16.8 Å². The highest BCUT2D eigenvalue weighted by atomic mass is 16.4. The zero-order valence-corrected chi connectivity index (χ0v) is 14.5. The molecule has 27 heavy (non-hydrogen) atoms. The van der Waals surface area contributed by atoms with Crippen molar-refractivity contribution in [2.24, 2.45) is 0 Å². The van der Waals surface area contributed by atoms with E-state index >= 15 is 0 Å². The summed E-state index contributed by atoms with van der Waals surface area (Å²) in [5.74, 6) is -0.740. The SMILES string of the molecule is O=C(CC(c1ccccc1)c1ccccc1)Nc1cccc2oc(=O)[nH]c12. The fraction of sp³-hybridized carbons (Fsp3) is 0.0909. The van der Waals surface area contributed by atoms with Crippen LogP contribution in [0.4, 0.5) is 5.69 Å². The van der Waals surface area contributed by atoms with Gasteiger partial charge < -0.3 is 9.73 Å². The van der Waals surface area contributed by atoms with Crippen LogP contribution in [0.1, 0.15) is 23.5 Å². The van der Waals surface area contributed by atoms with Crippen LogP contribution in [-0.2, 0) is 4.79 Å². The molecule has 0 bridgehead atoms. The third-order valence-electron chi connectivity index (χ3n) is 4.52. The normalized spacial score (nSPS) is 11.0. The van der Waals surface area contributed by atoms with Crippen molar-refractivity contribution in [2.45, 2.75) is 12.3 Å². The van der Waals surface area contributed by atoms with Crippen LogP contribution in [0.15, 0.2) is 88.1 Å². The number of carbonyl (C=O) groups is 1. The molecule has 0 aliphatic heterocycles. The summed E-state index contributed by atoms with van der Waals surface area (Å²) >= 11 is 0. The van der Waals surface area contributed by atoms with Crippen LogP contribution in [0.5, 0.6) is 0 Å². The van der Waals surface area contributed by atoms with Gasteiger partial charge in [0.2, 0.25) is 5.91 Å². The second kappa shape index (κ2) is 7.33. The topological polar surface area (TPSA) is 75.1 Å². The maximum Gasteiger partial charge on any atom is 0.417 e. The number of anilines is 1. The number of benzene rings is 3. The number of hydrogen-bond acceptors (Lipinski definition) is 3. The molecule has 3 aromatic carbocycles. The van der Waals surface area contributed by atoms with E-state index in [1.165, 1.54) is 0 Å². The summed E-state index contributed by atoms with van der Waals surface area (Å²) in [6, 6.07) is 25.1. The van der Waals surface area contributed by atoms with E-state index in [4.69, 9.17) is 4.42 Å². The molecule has 0 unspecified atom stereocenters. The monoisotopic (exact) mass is 358 g/mol. The van der Waals surface area contributed by atoms with Crippen molar-refractivity contribution in [3.05, 3.63) is 101 Å². The van der Waals surface area contributed by atoms with Crippen LogP contribution in [0.2, 0.25) is 0 Å². The summed E-state index contributed by atoms with van der Waals surface area (Å²) in [6.07, 6.45) is 0.284. The molecule has 5 heteroatoms. The molecule has 4 rings (SSSR count). The average Bonchev–Trinajstić information content (AvgIpc) is 3.09. The van der Waals surface area contributed by atoms with Crippen LogP contribution < -0.4 is 11.1 Å². The van der Waals surface area contributed by atoms with E-state index in [2.05, 4.69) is 10.3 Å². The second-order valence-corrected chi connectivity index (χ2v) is 6.32. The Kier molecular flexibility index (Phi) is 4.58. The third kappa shape index (κ3) is 3.67. The van der Waals surface area contributed by atoms with Crippen molar-refractivity contribution >= 4 is 22.7 Å². The second-order valence-electron chi connectivity index (χ2n) is 6.32. The smallest absolute Gasteiger partial charge is 0.408 e. The number of aromatic nitrogens is 1. The van der Waals surface area contributed by atoms with Gasteiger partial charge in [-0.2, -0.15) is 0 Å². The molecule has 0 saturated heterocycles. The lowest BCUT2D eigenvalue weighted by Gasteiger charge is -2.18. The molecule has 5 nitrogen and oxygen atoms in total. The number of aromatic amines is 1. The van der Waals surface area contributed by atoms with Crippen LogP contribution >= 0.6 is 0 Å². The number of rotatable bonds is 5. The van der Waals surface area contributed by atoms with Crippen molar-refractivity contribution in [2.75, 3.05) is 5.32 Å². The first-order chi connectivity index (χ1) is 13.2. The Morgan fingerprint density at radius 2 is 1.52 bits per heavy atom. The summed E-state index contributed by atoms with van der Waals surface area (Å²) in [5, 5.41) is 2.90. The molecule has 0 radical (unpaired) electrons. The van der Waals surface area contributed by atoms with E-state index in [9.17, 15) is 9.59 Å². The summed E-state index contributed by atoms with van der Waals surface area (Å²) in [6.45, 7) is 0. The summed E-state index contributed by atoms with van der Waals surface area (Å²) < 4.78 is 5.05. The molecular formula is C22H18N2O3. The van der Waals surface area contributed by atoms with Crippen molar-refractivity contribution in [3.63, 3.8) is 0 Å². The largest absolute Gasteiger partial charge is 0.417 e. The van der Waals surface area contributed by atoms with Gasteiger partial charge >= 0.3 is 5.76 Å². The van der Waals surface area contributed by atoms with Gasteiger partial charge in [-0.3, -0.25) is 9.78 Å². The minimum Gasteiger partial charge on any atom is -0.408 e. The fourth-order valence-corrected chi connectivity index (χ4v) is 3.26. The number of H-pyrrole nitrogens is 1. The number of para-hydroxylation sites is 1. The molecular weight excluding hydrogens is 340 g/mol. The number of carbonyl (C=O) groups excluding carboxylic acids is 1. The van der Waals surface area contributed by atoms with E-state index in [1.807, 2.05) is 60.7 Å². The first kappa shape index (κ1) is 16.8. The molecule has 0 atom stereocenters. The molecule has 0 aliphatic carbocycles. The highest BCUT2D eigenvalue weighted by Crippen LogP contribution is 2.29. The predicted molar refractivity (Wildman–Crippen MR) is 105 cm³/mol. The number of fused-ring (bicyclic) bond motifs is 1. The van der Waals surface area contributed by atoms with Crippen molar-refractivity contribution < 1.29 is 9.21 Å². The van der Waals surface area contributed by atoms with Crippen LogP contribution in [0.25, 0.3) is 11.1 Å². The van der Waals surface area contributed by atoms with Gasteiger partial charge in [-0.15, -0.1) is 0 Å². The van der Waals surface area contributed by atoms with E-state index in [-0.39, 0.29) is 18.2 Å². The Bertz CT molecular complexity index is 1070. The van der Waals surface area contributed by atoms with Crippen molar-refractivity contribution in [3.8, 4) is 0 Å². The minimum absolute atomic E-state index is 0.0602. The molecule has 1 amide bonds. The molecule has 0 spiro atoms. The highest BCUT2D eigenvalue weighted by molar-refractivity contribution is 5.99. The quantitative estimate of drug-likeness (QED) is 0.559. The molecule has 1 heterocycles. The Morgan fingerprint density at radius 1 is 0.889 bits per heavy atom. The van der Waals surface area contributed by atoms with Crippen molar-refractivity contribution in [1.29, 1.82) is 0 Å². The lowest BCUT2D eigenvalue weighted by Crippen LogP contribution is -2.16. The molecule has 0 fully saturated rings. The van der Waals surface area contributed by atoms with E-state index in [1.54, 1.807) is 18.2 Å². The van der Waals surface area contributed by atoms with Gasteiger partial charge in [-0.25, -0.2) is 4.79 Å². The first-order valence-electron chi connectivity index (χ1n) is 8.72. The van der Waals surface area contributed by atoms with Gasteiger partial charge in [0.05, 0.1) is 5.69 Å². The Labute approximate surface area is 155 Å². The number of hydrogen-bond donors (Lipinski definition) is 2. The van der Waals surface area contributed by atoms with Crippen molar-refractivity contribution in [1.82, 2.24) is 4.98 Å². The Morgan fingerprint density at radius 3 is 2.15 bits per heavy atom. The van der Waals surface area contributed by atoms with E-state index in [0.717, 1.165) is 11.1 Å². The Balaban J connectivity index is 1.61. The lowest BCUT2D eigenvalue weighted by atomic mass is 9.88. The lowest BCUT2D eigenvalue weighted by molar-refractivity contribution is -0.116.